The lowest BCUT2D eigenvalue weighted by molar-refractivity contribution is -0.155. The summed E-state index contributed by atoms with van der Waals surface area (Å²) in [7, 11) is 0. The zero-order valence-electron chi connectivity index (χ0n) is 9.59. The molecular formula is C11H19NO4. The molecule has 0 radical (unpaired) electrons. The summed E-state index contributed by atoms with van der Waals surface area (Å²) in [4.78, 5) is 13.1. The van der Waals surface area contributed by atoms with Crippen molar-refractivity contribution in [2.45, 2.75) is 32.2 Å². The molecule has 2 fully saturated rings. The Bertz CT molecular complexity index is 250. The zero-order chi connectivity index (χ0) is 11.5. The van der Waals surface area contributed by atoms with Gasteiger partial charge in [-0.3, -0.25) is 0 Å². The van der Waals surface area contributed by atoms with Crippen LogP contribution < -0.4 is 0 Å². The largest absolute Gasteiger partial charge is 0.479 e. The van der Waals surface area contributed by atoms with Crippen molar-refractivity contribution in [1.82, 2.24) is 4.90 Å². The Labute approximate surface area is 95.3 Å². The third-order valence-corrected chi connectivity index (χ3v) is 3.45. The van der Waals surface area contributed by atoms with Crippen molar-refractivity contribution in [3.63, 3.8) is 0 Å². The van der Waals surface area contributed by atoms with Crippen molar-refractivity contribution < 1.29 is 19.4 Å². The van der Waals surface area contributed by atoms with E-state index in [1.54, 1.807) is 0 Å². The molecule has 92 valence electrons. The first-order valence-electron chi connectivity index (χ1n) is 5.93. The van der Waals surface area contributed by atoms with Gasteiger partial charge >= 0.3 is 5.97 Å². The molecule has 2 atom stereocenters. The number of rotatable bonds is 3. The van der Waals surface area contributed by atoms with Crippen LogP contribution in [0.25, 0.3) is 0 Å². The van der Waals surface area contributed by atoms with Crippen LogP contribution in [0.1, 0.15) is 19.8 Å². The quantitative estimate of drug-likeness (QED) is 0.765. The Kier molecular flexibility index (Phi) is 3.78. The zero-order valence-corrected chi connectivity index (χ0v) is 9.59. The molecule has 0 aromatic rings. The van der Waals surface area contributed by atoms with Crippen molar-refractivity contribution in [2.75, 3.05) is 26.2 Å². The second-order valence-electron chi connectivity index (χ2n) is 4.44. The lowest BCUT2D eigenvalue weighted by Gasteiger charge is -2.33. The highest BCUT2D eigenvalue weighted by molar-refractivity contribution is 5.72. The van der Waals surface area contributed by atoms with Gasteiger partial charge in [-0.25, -0.2) is 4.79 Å². The van der Waals surface area contributed by atoms with E-state index in [1.807, 2.05) is 0 Å². The Morgan fingerprint density at radius 1 is 1.44 bits per heavy atom. The molecule has 0 aliphatic carbocycles. The van der Waals surface area contributed by atoms with Crippen LogP contribution in [0.5, 0.6) is 0 Å². The lowest BCUT2D eigenvalue weighted by Crippen LogP contribution is -2.38. The van der Waals surface area contributed by atoms with Gasteiger partial charge in [0.25, 0.3) is 0 Å². The van der Waals surface area contributed by atoms with Gasteiger partial charge in [0.15, 0.2) is 12.4 Å². The van der Waals surface area contributed by atoms with Gasteiger partial charge in [0, 0.05) is 5.92 Å². The van der Waals surface area contributed by atoms with Gasteiger partial charge < -0.3 is 19.5 Å². The van der Waals surface area contributed by atoms with E-state index in [4.69, 9.17) is 14.6 Å². The minimum absolute atomic E-state index is 0.188. The molecule has 2 aliphatic heterocycles. The average molecular weight is 229 g/mol. The fourth-order valence-corrected chi connectivity index (χ4v) is 2.34. The normalized spacial score (nSPS) is 33.1. The van der Waals surface area contributed by atoms with Gasteiger partial charge in [-0.05, 0) is 32.5 Å². The van der Waals surface area contributed by atoms with E-state index in [0.29, 0.717) is 5.92 Å². The number of ether oxygens (including phenoxy) is 2. The third kappa shape index (κ3) is 2.53. The number of likely N-dealkylation sites (tertiary alicyclic amines) is 1. The summed E-state index contributed by atoms with van der Waals surface area (Å²) in [5.41, 5.74) is 0. The highest BCUT2D eigenvalue weighted by atomic mass is 16.7. The van der Waals surface area contributed by atoms with Crippen molar-refractivity contribution >= 4 is 5.97 Å². The van der Waals surface area contributed by atoms with E-state index in [9.17, 15) is 4.79 Å². The van der Waals surface area contributed by atoms with Crippen molar-refractivity contribution in [3.8, 4) is 0 Å². The molecule has 2 rings (SSSR count). The highest BCUT2D eigenvalue weighted by Gasteiger charge is 2.37. The topological polar surface area (TPSA) is 59.0 Å². The first-order valence-corrected chi connectivity index (χ1v) is 5.93. The minimum Gasteiger partial charge on any atom is -0.479 e. The van der Waals surface area contributed by atoms with Crippen LogP contribution in [0.15, 0.2) is 0 Å². The summed E-state index contributed by atoms with van der Waals surface area (Å²) in [6, 6.07) is 0. The maximum Gasteiger partial charge on any atom is 0.335 e. The number of piperidine rings is 1. The van der Waals surface area contributed by atoms with Crippen molar-refractivity contribution in [1.29, 1.82) is 0 Å². The Morgan fingerprint density at radius 3 is 2.62 bits per heavy atom. The molecule has 2 unspecified atom stereocenters. The monoisotopic (exact) mass is 229 g/mol. The van der Waals surface area contributed by atoms with E-state index < -0.39 is 12.1 Å². The molecule has 0 saturated carbocycles. The third-order valence-electron chi connectivity index (χ3n) is 3.45. The van der Waals surface area contributed by atoms with Gasteiger partial charge in [-0.1, -0.05) is 6.92 Å². The number of carboxylic acids is 1. The number of aliphatic carboxylic acids is 1. The molecule has 2 saturated heterocycles. The van der Waals surface area contributed by atoms with Gasteiger partial charge in [0.1, 0.15) is 0 Å². The van der Waals surface area contributed by atoms with Gasteiger partial charge in [-0.2, -0.15) is 0 Å². The van der Waals surface area contributed by atoms with Crippen molar-refractivity contribution in [2.24, 2.45) is 5.92 Å². The predicted molar refractivity (Wildman–Crippen MR) is 57.1 cm³/mol. The first kappa shape index (κ1) is 11.8. The molecule has 1 N–H and O–H groups in total. The number of hydrogen-bond donors (Lipinski definition) is 1. The molecule has 5 nitrogen and oxygen atoms in total. The number of carboxylic acid groups (broad SMARTS) is 1. The second-order valence-corrected chi connectivity index (χ2v) is 4.44. The molecule has 2 heterocycles. The molecule has 5 heteroatoms. The van der Waals surface area contributed by atoms with Crippen LogP contribution in [0.4, 0.5) is 0 Å². The molecule has 16 heavy (non-hydrogen) atoms. The molecule has 0 aromatic carbocycles. The minimum atomic E-state index is -0.923. The predicted octanol–water partition coefficient (Wildman–Crippen LogP) is 0.544. The van der Waals surface area contributed by atoms with E-state index in [2.05, 4.69) is 11.8 Å². The summed E-state index contributed by atoms with van der Waals surface area (Å²) in [5.74, 6) is -0.569. The smallest absolute Gasteiger partial charge is 0.335 e. The maximum absolute atomic E-state index is 10.7. The summed E-state index contributed by atoms with van der Waals surface area (Å²) < 4.78 is 10.8. The molecule has 0 amide bonds. The van der Waals surface area contributed by atoms with E-state index in [0.717, 1.165) is 32.5 Å². The van der Waals surface area contributed by atoms with Crippen LogP contribution in [0, 0.1) is 5.92 Å². The average Bonchev–Trinajstić information content (AvgIpc) is 2.78. The van der Waals surface area contributed by atoms with E-state index in [1.165, 1.54) is 0 Å². The molecule has 0 bridgehead atoms. The van der Waals surface area contributed by atoms with Gasteiger partial charge in [0.2, 0.25) is 0 Å². The number of nitrogens with zero attached hydrogens (tertiary/aromatic N) is 1. The molecule has 0 spiro atoms. The fraction of sp³-hybridized carbons (Fsp3) is 0.909. The van der Waals surface area contributed by atoms with Crippen molar-refractivity contribution in [3.05, 3.63) is 0 Å². The maximum atomic E-state index is 10.7. The lowest BCUT2D eigenvalue weighted by atomic mass is 9.96. The Hall–Kier alpha value is -0.650. The molecule has 2 aliphatic rings. The summed E-state index contributed by atoms with van der Waals surface area (Å²) in [6.07, 6.45) is 0.990. The van der Waals surface area contributed by atoms with Crippen LogP contribution in [0.2, 0.25) is 0 Å². The first-order chi connectivity index (χ1) is 7.70. The second kappa shape index (κ2) is 5.12. The summed E-state index contributed by atoms with van der Waals surface area (Å²) in [6.45, 7) is 5.54. The highest BCUT2D eigenvalue weighted by Crippen LogP contribution is 2.27. The SMILES string of the molecule is CCN1CCC(C2OCC(C(=O)O)O2)CC1. The van der Waals surface area contributed by atoms with Gasteiger partial charge in [0.05, 0.1) is 6.61 Å². The Morgan fingerprint density at radius 2 is 2.12 bits per heavy atom. The number of carbonyl (C=O) groups is 1. The fourth-order valence-electron chi connectivity index (χ4n) is 2.34. The van der Waals surface area contributed by atoms with E-state index >= 15 is 0 Å². The summed E-state index contributed by atoms with van der Waals surface area (Å²) >= 11 is 0. The summed E-state index contributed by atoms with van der Waals surface area (Å²) in [5, 5.41) is 8.80. The van der Waals surface area contributed by atoms with E-state index in [-0.39, 0.29) is 12.9 Å². The number of hydrogen-bond acceptors (Lipinski definition) is 4. The standard InChI is InChI=1S/C11H19NO4/c1-2-12-5-3-8(4-6-12)11-15-7-9(16-11)10(13)14/h8-9,11H,2-7H2,1H3,(H,13,14). The van der Waals surface area contributed by atoms with Crippen LogP contribution >= 0.6 is 0 Å². The van der Waals surface area contributed by atoms with Crippen LogP contribution in [0.3, 0.4) is 0 Å². The Balaban J connectivity index is 1.80. The van der Waals surface area contributed by atoms with Crippen LogP contribution in [-0.4, -0.2) is 54.6 Å². The molecular weight excluding hydrogens is 210 g/mol. The van der Waals surface area contributed by atoms with Gasteiger partial charge in [-0.15, -0.1) is 0 Å². The molecule has 0 aromatic heterocycles. The van der Waals surface area contributed by atoms with Crippen LogP contribution in [-0.2, 0) is 14.3 Å².